The first-order valence-electron chi connectivity index (χ1n) is 6.87. The van der Waals surface area contributed by atoms with Crippen LogP contribution in [0.3, 0.4) is 0 Å². The lowest BCUT2D eigenvalue weighted by Gasteiger charge is -2.37. The maximum Gasteiger partial charge on any atom is 0.0204 e. The molecule has 0 spiro atoms. The molecule has 0 bridgehead atoms. The third-order valence-electron chi connectivity index (χ3n) is 3.97. The molecule has 2 atom stereocenters. The molecule has 0 aromatic carbocycles. The van der Waals surface area contributed by atoms with Crippen LogP contribution in [-0.4, -0.2) is 36.6 Å². The van der Waals surface area contributed by atoms with Gasteiger partial charge >= 0.3 is 0 Å². The minimum absolute atomic E-state index is 0.711. The number of nitrogens with zero attached hydrogens (tertiary/aromatic N) is 1. The first-order chi connectivity index (χ1) is 8.35. The number of nitrogens with one attached hydrogen (secondary N) is 1. The standard InChI is InChI=1S/C14H22N2S/c1-2-16-9-11(14-4-3-7-17-14)8-13(10-16)15-12-5-6-12/h3-4,7,11-13,15H,2,5-6,8-10H2,1H3. The molecule has 1 aliphatic carbocycles. The summed E-state index contributed by atoms with van der Waals surface area (Å²) in [6.45, 7) is 5.96. The summed E-state index contributed by atoms with van der Waals surface area (Å²) < 4.78 is 0. The molecule has 2 unspecified atom stereocenters. The zero-order valence-electron chi connectivity index (χ0n) is 10.6. The van der Waals surface area contributed by atoms with Gasteiger partial charge in [0.1, 0.15) is 0 Å². The predicted octanol–water partition coefficient (Wildman–Crippen LogP) is 2.68. The average Bonchev–Trinajstić information content (AvgIpc) is 2.99. The van der Waals surface area contributed by atoms with Gasteiger partial charge in [-0.25, -0.2) is 0 Å². The summed E-state index contributed by atoms with van der Waals surface area (Å²) in [6.07, 6.45) is 4.12. The Hall–Kier alpha value is -0.380. The van der Waals surface area contributed by atoms with Gasteiger partial charge in [0.25, 0.3) is 0 Å². The zero-order valence-corrected chi connectivity index (χ0v) is 11.4. The Morgan fingerprint density at radius 1 is 1.35 bits per heavy atom. The van der Waals surface area contributed by atoms with Crippen LogP contribution in [0.15, 0.2) is 17.5 Å². The maximum absolute atomic E-state index is 3.81. The van der Waals surface area contributed by atoms with Crippen LogP contribution in [0.1, 0.15) is 37.0 Å². The molecule has 1 saturated heterocycles. The molecule has 1 aromatic heterocycles. The number of rotatable bonds is 4. The Morgan fingerprint density at radius 2 is 2.24 bits per heavy atom. The SMILES string of the molecule is CCN1CC(NC2CC2)CC(c2cccs2)C1. The van der Waals surface area contributed by atoms with E-state index in [0.717, 1.165) is 12.0 Å². The van der Waals surface area contributed by atoms with Crippen molar-refractivity contribution in [2.45, 2.75) is 44.2 Å². The molecule has 1 aromatic rings. The summed E-state index contributed by atoms with van der Waals surface area (Å²) in [5.41, 5.74) is 0. The molecule has 2 nitrogen and oxygen atoms in total. The molecule has 3 rings (SSSR count). The number of hydrogen-bond acceptors (Lipinski definition) is 3. The van der Waals surface area contributed by atoms with Crippen LogP contribution in [0.2, 0.25) is 0 Å². The van der Waals surface area contributed by atoms with E-state index in [9.17, 15) is 0 Å². The minimum atomic E-state index is 0.711. The Bertz CT molecular complexity index is 345. The van der Waals surface area contributed by atoms with Crippen molar-refractivity contribution in [2.75, 3.05) is 19.6 Å². The van der Waals surface area contributed by atoms with Gasteiger partial charge in [-0.1, -0.05) is 13.0 Å². The van der Waals surface area contributed by atoms with Gasteiger partial charge in [0.2, 0.25) is 0 Å². The van der Waals surface area contributed by atoms with Crippen LogP contribution in [0.4, 0.5) is 0 Å². The fourth-order valence-electron chi connectivity index (χ4n) is 2.88. The van der Waals surface area contributed by atoms with Crippen LogP contribution < -0.4 is 5.32 Å². The van der Waals surface area contributed by atoms with Crippen molar-refractivity contribution >= 4 is 11.3 Å². The van der Waals surface area contributed by atoms with E-state index in [2.05, 4.69) is 34.7 Å². The fourth-order valence-corrected chi connectivity index (χ4v) is 3.72. The molecule has 17 heavy (non-hydrogen) atoms. The number of likely N-dealkylation sites (tertiary alicyclic amines) is 1. The number of hydrogen-bond donors (Lipinski definition) is 1. The summed E-state index contributed by atoms with van der Waals surface area (Å²) in [4.78, 5) is 4.18. The highest BCUT2D eigenvalue weighted by atomic mass is 32.1. The molecule has 2 fully saturated rings. The second-order valence-corrected chi connectivity index (χ2v) is 6.42. The maximum atomic E-state index is 3.81. The third kappa shape index (κ3) is 2.90. The van der Waals surface area contributed by atoms with E-state index in [-0.39, 0.29) is 0 Å². The van der Waals surface area contributed by atoms with Crippen LogP contribution in [0.5, 0.6) is 0 Å². The van der Waals surface area contributed by atoms with Crippen LogP contribution in [-0.2, 0) is 0 Å². The molecule has 0 amide bonds. The second-order valence-electron chi connectivity index (χ2n) is 5.44. The summed E-state index contributed by atoms with van der Waals surface area (Å²) in [7, 11) is 0. The Labute approximate surface area is 108 Å². The smallest absolute Gasteiger partial charge is 0.0204 e. The van der Waals surface area contributed by atoms with Crippen LogP contribution in [0, 0.1) is 0 Å². The van der Waals surface area contributed by atoms with Gasteiger partial charge in [-0.2, -0.15) is 0 Å². The fraction of sp³-hybridized carbons (Fsp3) is 0.714. The lowest BCUT2D eigenvalue weighted by molar-refractivity contribution is 0.179. The van der Waals surface area contributed by atoms with E-state index in [1.165, 1.54) is 38.9 Å². The minimum Gasteiger partial charge on any atom is -0.310 e. The van der Waals surface area contributed by atoms with E-state index in [0.29, 0.717) is 6.04 Å². The summed E-state index contributed by atoms with van der Waals surface area (Å²) in [5, 5.41) is 6.02. The van der Waals surface area contributed by atoms with Crippen molar-refractivity contribution in [3.8, 4) is 0 Å². The Morgan fingerprint density at radius 3 is 2.88 bits per heavy atom. The highest BCUT2D eigenvalue weighted by molar-refractivity contribution is 7.10. The van der Waals surface area contributed by atoms with Gasteiger partial charge < -0.3 is 10.2 Å². The molecule has 0 radical (unpaired) electrons. The van der Waals surface area contributed by atoms with E-state index >= 15 is 0 Å². The Kier molecular flexibility index (Phi) is 3.50. The highest BCUT2D eigenvalue weighted by Crippen LogP contribution is 2.31. The topological polar surface area (TPSA) is 15.3 Å². The average molecular weight is 250 g/mol. The van der Waals surface area contributed by atoms with Gasteiger partial charge in [0, 0.05) is 36.0 Å². The van der Waals surface area contributed by atoms with Crippen LogP contribution in [0.25, 0.3) is 0 Å². The Balaban J connectivity index is 1.66. The molecule has 2 heterocycles. The predicted molar refractivity (Wildman–Crippen MR) is 73.7 cm³/mol. The lowest BCUT2D eigenvalue weighted by Crippen LogP contribution is -2.48. The largest absolute Gasteiger partial charge is 0.310 e. The van der Waals surface area contributed by atoms with Gasteiger partial charge in [0.15, 0.2) is 0 Å². The van der Waals surface area contributed by atoms with E-state index < -0.39 is 0 Å². The molecular weight excluding hydrogens is 228 g/mol. The van der Waals surface area contributed by atoms with Crippen LogP contribution >= 0.6 is 11.3 Å². The van der Waals surface area contributed by atoms with Crippen molar-refractivity contribution in [2.24, 2.45) is 0 Å². The van der Waals surface area contributed by atoms with Crippen molar-refractivity contribution in [1.82, 2.24) is 10.2 Å². The number of thiophene rings is 1. The van der Waals surface area contributed by atoms with E-state index in [4.69, 9.17) is 0 Å². The zero-order chi connectivity index (χ0) is 11.7. The molecule has 2 aliphatic rings. The van der Waals surface area contributed by atoms with Gasteiger partial charge in [-0.05, 0) is 37.3 Å². The molecule has 1 saturated carbocycles. The van der Waals surface area contributed by atoms with Crippen molar-refractivity contribution in [1.29, 1.82) is 0 Å². The third-order valence-corrected chi connectivity index (χ3v) is 5.00. The van der Waals surface area contributed by atoms with Crippen molar-refractivity contribution < 1.29 is 0 Å². The first-order valence-corrected chi connectivity index (χ1v) is 7.75. The highest BCUT2D eigenvalue weighted by Gasteiger charge is 2.31. The quantitative estimate of drug-likeness (QED) is 0.884. The van der Waals surface area contributed by atoms with Gasteiger partial charge in [0.05, 0.1) is 0 Å². The summed E-state index contributed by atoms with van der Waals surface area (Å²) >= 11 is 1.92. The van der Waals surface area contributed by atoms with E-state index in [1.807, 2.05) is 11.3 Å². The monoisotopic (exact) mass is 250 g/mol. The van der Waals surface area contributed by atoms with Crippen molar-refractivity contribution in [3.63, 3.8) is 0 Å². The number of likely N-dealkylation sites (N-methyl/N-ethyl adjacent to an activating group) is 1. The van der Waals surface area contributed by atoms with Crippen molar-refractivity contribution in [3.05, 3.63) is 22.4 Å². The van der Waals surface area contributed by atoms with E-state index in [1.54, 1.807) is 4.88 Å². The van der Waals surface area contributed by atoms with Gasteiger partial charge in [-0.3, -0.25) is 0 Å². The lowest BCUT2D eigenvalue weighted by atomic mass is 9.93. The summed E-state index contributed by atoms with van der Waals surface area (Å²) in [6, 6.07) is 6.04. The molecular formula is C14H22N2S. The molecule has 1 N–H and O–H groups in total. The molecule has 3 heteroatoms. The number of piperidine rings is 1. The molecule has 94 valence electrons. The second kappa shape index (κ2) is 5.09. The van der Waals surface area contributed by atoms with Gasteiger partial charge in [-0.15, -0.1) is 11.3 Å². The summed E-state index contributed by atoms with van der Waals surface area (Å²) in [5.74, 6) is 0.750. The molecule has 1 aliphatic heterocycles. The first kappa shape index (κ1) is 11.7. The normalized spacial score (nSPS) is 30.6.